The monoisotopic (exact) mass is 461 g/mol. The van der Waals surface area contributed by atoms with E-state index in [2.05, 4.69) is 5.32 Å². The topological polar surface area (TPSA) is 89.5 Å². The number of benzene rings is 3. The first kappa shape index (κ1) is 22.5. The van der Waals surface area contributed by atoms with Crippen molar-refractivity contribution in [2.45, 2.75) is 11.0 Å². The van der Waals surface area contributed by atoms with Crippen molar-refractivity contribution in [2.75, 3.05) is 11.6 Å². The number of anilines is 1. The molecule has 9 heteroatoms. The van der Waals surface area contributed by atoms with Gasteiger partial charge in [0.05, 0.1) is 15.5 Å². The summed E-state index contributed by atoms with van der Waals surface area (Å²) in [5.74, 6) is -2.12. The van der Waals surface area contributed by atoms with Crippen molar-refractivity contribution in [3.8, 4) is 0 Å². The van der Waals surface area contributed by atoms with Crippen LogP contribution in [-0.2, 0) is 19.4 Å². The molecule has 0 aliphatic rings. The molecule has 1 amide bonds. The van der Waals surface area contributed by atoms with Gasteiger partial charge in [-0.05, 0) is 42.5 Å². The maximum atomic E-state index is 13.1. The van der Waals surface area contributed by atoms with E-state index in [0.29, 0.717) is 11.3 Å². The number of hydrogen-bond acceptors (Lipinski definition) is 5. The van der Waals surface area contributed by atoms with E-state index in [9.17, 15) is 22.4 Å². The lowest BCUT2D eigenvalue weighted by molar-refractivity contribution is -0.125. The minimum atomic E-state index is -3.59. The van der Waals surface area contributed by atoms with E-state index in [1.54, 1.807) is 30.3 Å². The number of rotatable bonds is 6. The highest BCUT2D eigenvalue weighted by molar-refractivity contribution is 7.90. The van der Waals surface area contributed by atoms with Crippen molar-refractivity contribution in [3.05, 3.63) is 94.8 Å². The Bertz CT molecular complexity index is 1210. The molecule has 0 fully saturated rings. The number of hydrogen-bond donors (Lipinski definition) is 1. The Hall–Kier alpha value is -3.23. The summed E-state index contributed by atoms with van der Waals surface area (Å²) in [6, 6.07) is 17.0. The molecule has 31 heavy (non-hydrogen) atoms. The number of halogens is 2. The zero-order valence-electron chi connectivity index (χ0n) is 16.2. The molecule has 0 aromatic heterocycles. The van der Waals surface area contributed by atoms with Crippen LogP contribution in [-0.4, -0.2) is 26.6 Å². The first-order valence-corrected chi connectivity index (χ1v) is 11.2. The van der Waals surface area contributed by atoms with Gasteiger partial charge in [-0.25, -0.2) is 17.6 Å². The number of ether oxygens (including phenoxy) is 1. The van der Waals surface area contributed by atoms with E-state index < -0.39 is 33.6 Å². The molecule has 1 N–H and O–H groups in total. The molecule has 0 saturated heterocycles. The van der Waals surface area contributed by atoms with Crippen molar-refractivity contribution >= 4 is 39.0 Å². The van der Waals surface area contributed by atoms with Crippen LogP contribution >= 0.6 is 11.6 Å². The summed E-state index contributed by atoms with van der Waals surface area (Å²) in [5, 5.41) is 2.54. The average molecular weight is 462 g/mol. The molecular weight excluding hydrogens is 445 g/mol. The number of sulfone groups is 1. The highest BCUT2D eigenvalue weighted by atomic mass is 35.5. The maximum absolute atomic E-state index is 13.1. The van der Waals surface area contributed by atoms with Gasteiger partial charge in [0.2, 0.25) is 6.10 Å². The van der Waals surface area contributed by atoms with E-state index in [1.165, 1.54) is 36.4 Å². The average Bonchev–Trinajstić information content (AvgIpc) is 2.73. The third-order valence-corrected chi connectivity index (χ3v) is 5.70. The second-order valence-electron chi connectivity index (χ2n) is 6.61. The van der Waals surface area contributed by atoms with Crippen LogP contribution in [0, 0.1) is 5.82 Å². The molecule has 0 saturated carbocycles. The summed E-state index contributed by atoms with van der Waals surface area (Å²) in [6.07, 6.45) is -0.370. The quantitative estimate of drug-likeness (QED) is 0.549. The Morgan fingerprint density at radius 1 is 1.00 bits per heavy atom. The molecule has 0 bridgehead atoms. The van der Waals surface area contributed by atoms with E-state index in [-0.39, 0.29) is 15.5 Å². The summed E-state index contributed by atoms with van der Waals surface area (Å²) in [5.41, 5.74) is 0.492. The van der Waals surface area contributed by atoms with Crippen LogP contribution in [0.25, 0.3) is 0 Å². The zero-order valence-corrected chi connectivity index (χ0v) is 17.8. The number of carbonyl (C=O) groups excluding carboxylic acids is 2. The molecular formula is C22H17ClFNO5S. The molecule has 3 aromatic rings. The molecule has 0 aliphatic heterocycles. The van der Waals surface area contributed by atoms with Gasteiger partial charge in [-0.3, -0.25) is 4.79 Å². The lowest BCUT2D eigenvalue weighted by atomic mass is 10.1. The van der Waals surface area contributed by atoms with Gasteiger partial charge >= 0.3 is 5.97 Å². The standard InChI is InChI=1S/C22H17ClFNO5S/c1-31(28,29)17-11-12-19(23)18(13-17)22(27)30-20(14-5-3-2-4-6-14)21(26)25-16-9-7-15(24)8-10-16/h2-13,20H,1H3,(H,25,26)/t20-/m0/s1. The molecule has 3 aromatic carbocycles. The first-order chi connectivity index (χ1) is 14.6. The minimum absolute atomic E-state index is 0.0249. The second-order valence-corrected chi connectivity index (χ2v) is 9.03. The normalized spacial score (nSPS) is 12.1. The fourth-order valence-electron chi connectivity index (χ4n) is 2.70. The smallest absolute Gasteiger partial charge is 0.340 e. The summed E-state index contributed by atoms with van der Waals surface area (Å²) in [7, 11) is -3.59. The van der Waals surface area contributed by atoms with Gasteiger partial charge in [-0.1, -0.05) is 41.9 Å². The maximum Gasteiger partial charge on any atom is 0.340 e. The van der Waals surface area contributed by atoms with Crippen LogP contribution in [0.1, 0.15) is 22.0 Å². The van der Waals surface area contributed by atoms with Crippen LogP contribution in [0.4, 0.5) is 10.1 Å². The van der Waals surface area contributed by atoms with Crippen molar-refractivity contribution in [2.24, 2.45) is 0 Å². The number of amides is 1. The number of nitrogens with one attached hydrogen (secondary N) is 1. The van der Waals surface area contributed by atoms with Crippen LogP contribution in [0.2, 0.25) is 5.02 Å². The van der Waals surface area contributed by atoms with Crippen molar-refractivity contribution in [1.82, 2.24) is 0 Å². The molecule has 0 radical (unpaired) electrons. The molecule has 1 atom stereocenters. The third kappa shape index (κ3) is 5.68. The van der Waals surface area contributed by atoms with Gasteiger partial charge in [-0.15, -0.1) is 0 Å². The molecule has 0 spiro atoms. The molecule has 0 heterocycles. The van der Waals surface area contributed by atoms with Gasteiger partial charge in [-0.2, -0.15) is 0 Å². The number of esters is 1. The Labute approximate surface area is 183 Å². The van der Waals surface area contributed by atoms with Gasteiger partial charge < -0.3 is 10.1 Å². The van der Waals surface area contributed by atoms with Gasteiger partial charge in [0.15, 0.2) is 9.84 Å². The Kier molecular flexibility index (Phi) is 6.72. The molecule has 3 rings (SSSR count). The van der Waals surface area contributed by atoms with Gasteiger partial charge in [0.1, 0.15) is 5.82 Å². The minimum Gasteiger partial charge on any atom is -0.444 e. The highest BCUT2D eigenvalue weighted by Crippen LogP contribution is 2.26. The summed E-state index contributed by atoms with van der Waals surface area (Å²) < 4.78 is 42.2. The Balaban J connectivity index is 1.91. The summed E-state index contributed by atoms with van der Waals surface area (Å²) in [6.45, 7) is 0. The number of carbonyl (C=O) groups is 2. The van der Waals surface area contributed by atoms with Crippen LogP contribution in [0.5, 0.6) is 0 Å². The van der Waals surface area contributed by atoms with Crippen molar-refractivity contribution in [1.29, 1.82) is 0 Å². The van der Waals surface area contributed by atoms with Crippen molar-refractivity contribution in [3.63, 3.8) is 0 Å². The van der Waals surface area contributed by atoms with E-state index in [1.807, 2.05) is 0 Å². The SMILES string of the molecule is CS(=O)(=O)c1ccc(Cl)c(C(=O)O[C@H](C(=O)Nc2ccc(F)cc2)c2ccccc2)c1. The van der Waals surface area contributed by atoms with Crippen molar-refractivity contribution < 1.29 is 27.1 Å². The Morgan fingerprint density at radius 3 is 2.26 bits per heavy atom. The fourth-order valence-corrected chi connectivity index (χ4v) is 3.55. The predicted molar refractivity (Wildman–Crippen MR) is 114 cm³/mol. The Morgan fingerprint density at radius 2 is 1.65 bits per heavy atom. The molecule has 0 aliphatic carbocycles. The van der Waals surface area contributed by atoms with E-state index in [0.717, 1.165) is 12.3 Å². The predicted octanol–water partition coefficient (Wildman–Crippen LogP) is 4.42. The largest absolute Gasteiger partial charge is 0.444 e. The van der Waals surface area contributed by atoms with Crippen LogP contribution < -0.4 is 5.32 Å². The first-order valence-electron chi connectivity index (χ1n) is 8.97. The lowest BCUT2D eigenvalue weighted by Crippen LogP contribution is -2.26. The lowest BCUT2D eigenvalue weighted by Gasteiger charge is -2.18. The van der Waals surface area contributed by atoms with E-state index >= 15 is 0 Å². The summed E-state index contributed by atoms with van der Waals surface area (Å²) in [4.78, 5) is 25.5. The van der Waals surface area contributed by atoms with E-state index in [4.69, 9.17) is 16.3 Å². The molecule has 6 nitrogen and oxygen atoms in total. The van der Waals surface area contributed by atoms with Gasteiger partial charge in [0.25, 0.3) is 5.91 Å². The van der Waals surface area contributed by atoms with Gasteiger partial charge in [0, 0.05) is 17.5 Å². The molecule has 0 unspecified atom stereocenters. The fraction of sp³-hybridized carbons (Fsp3) is 0.0909. The highest BCUT2D eigenvalue weighted by Gasteiger charge is 2.27. The van der Waals surface area contributed by atoms with Crippen LogP contribution in [0.15, 0.2) is 77.7 Å². The second kappa shape index (κ2) is 9.28. The summed E-state index contributed by atoms with van der Waals surface area (Å²) >= 11 is 6.06. The zero-order chi connectivity index (χ0) is 22.6. The van der Waals surface area contributed by atoms with Crippen LogP contribution in [0.3, 0.4) is 0 Å². The third-order valence-electron chi connectivity index (χ3n) is 4.26. The molecule has 160 valence electrons.